The van der Waals surface area contributed by atoms with Crippen LogP contribution in [0.5, 0.6) is 0 Å². The predicted molar refractivity (Wildman–Crippen MR) is 109 cm³/mol. The van der Waals surface area contributed by atoms with Crippen molar-refractivity contribution in [2.75, 3.05) is 19.6 Å². The van der Waals surface area contributed by atoms with Crippen molar-refractivity contribution in [3.05, 3.63) is 45.4 Å². The molecule has 1 aliphatic rings. The van der Waals surface area contributed by atoms with Gasteiger partial charge in [0.15, 0.2) is 4.77 Å². The van der Waals surface area contributed by atoms with Gasteiger partial charge in [-0.2, -0.15) is 5.10 Å². The smallest absolute Gasteiger partial charge is 0.240 e. The number of amides is 1. The number of hydrogen-bond donors (Lipinski definition) is 2. The van der Waals surface area contributed by atoms with E-state index in [0.29, 0.717) is 11.3 Å². The van der Waals surface area contributed by atoms with Crippen LogP contribution in [-0.2, 0) is 17.8 Å². The lowest BCUT2D eigenvalue weighted by molar-refractivity contribution is -0.122. The first-order valence-electron chi connectivity index (χ1n) is 9.48. The first-order valence-corrected chi connectivity index (χ1v) is 10.3. The zero-order valence-corrected chi connectivity index (χ0v) is 17.2. The van der Waals surface area contributed by atoms with Gasteiger partial charge in [0.2, 0.25) is 5.91 Å². The van der Waals surface area contributed by atoms with Gasteiger partial charge < -0.3 is 5.32 Å². The summed E-state index contributed by atoms with van der Waals surface area (Å²) >= 11 is 11.4. The maximum Gasteiger partial charge on any atom is 0.240 e. The molecule has 1 amide bonds. The molecule has 1 fully saturated rings. The van der Waals surface area contributed by atoms with Crippen LogP contribution >= 0.6 is 23.8 Å². The maximum absolute atomic E-state index is 12.6. The Bertz CT molecular complexity index is 828. The molecule has 1 aliphatic heterocycles. The van der Waals surface area contributed by atoms with E-state index in [4.69, 9.17) is 23.8 Å². The van der Waals surface area contributed by atoms with Gasteiger partial charge in [0.25, 0.3) is 0 Å². The maximum atomic E-state index is 12.6. The van der Waals surface area contributed by atoms with Gasteiger partial charge in [-0.3, -0.25) is 19.4 Å². The molecule has 0 aliphatic carbocycles. The van der Waals surface area contributed by atoms with Gasteiger partial charge in [-0.25, -0.2) is 0 Å². The van der Waals surface area contributed by atoms with E-state index in [1.807, 2.05) is 18.2 Å². The van der Waals surface area contributed by atoms with Gasteiger partial charge in [0.05, 0.1) is 6.04 Å². The van der Waals surface area contributed by atoms with Crippen LogP contribution in [0.25, 0.3) is 0 Å². The number of nitrogens with one attached hydrogen (secondary N) is 2. The molecule has 1 atom stereocenters. The summed E-state index contributed by atoms with van der Waals surface area (Å²) in [6, 6.07) is 8.03. The second kappa shape index (κ2) is 9.48. The molecule has 2 aromatic rings. The first kappa shape index (κ1) is 20.0. The summed E-state index contributed by atoms with van der Waals surface area (Å²) in [4.78, 5) is 15.0. The Balaban J connectivity index is 1.67. The number of aromatic amines is 1. The minimum Gasteiger partial charge on any atom is -0.353 e. The molecule has 3 rings (SSSR count). The lowest BCUT2D eigenvalue weighted by Gasteiger charge is -2.28. The van der Waals surface area contributed by atoms with Crippen molar-refractivity contribution in [1.29, 1.82) is 0 Å². The van der Waals surface area contributed by atoms with Gasteiger partial charge in [-0.1, -0.05) is 30.7 Å². The van der Waals surface area contributed by atoms with Crippen molar-refractivity contribution in [1.82, 2.24) is 25.0 Å². The quantitative estimate of drug-likeness (QED) is 0.657. The van der Waals surface area contributed by atoms with Crippen LogP contribution in [-0.4, -0.2) is 45.2 Å². The van der Waals surface area contributed by atoms with E-state index < -0.39 is 0 Å². The highest BCUT2D eigenvalue weighted by atomic mass is 35.5. The fourth-order valence-electron chi connectivity index (χ4n) is 3.56. The summed E-state index contributed by atoms with van der Waals surface area (Å²) in [5.74, 6) is 0.764. The van der Waals surface area contributed by atoms with Crippen LogP contribution in [0, 0.1) is 4.77 Å². The van der Waals surface area contributed by atoms with Crippen molar-refractivity contribution >= 4 is 29.7 Å². The average Bonchev–Trinajstić information content (AvgIpc) is 3.28. The molecule has 146 valence electrons. The zero-order chi connectivity index (χ0) is 19.2. The monoisotopic (exact) mass is 407 g/mol. The Hall–Kier alpha value is -1.70. The van der Waals surface area contributed by atoms with Crippen molar-refractivity contribution in [2.24, 2.45) is 0 Å². The van der Waals surface area contributed by atoms with E-state index in [1.54, 1.807) is 4.57 Å². The molecule has 6 nitrogen and oxygen atoms in total. The third kappa shape index (κ3) is 5.18. The minimum atomic E-state index is -0.0592. The number of aromatic nitrogens is 3. The van der Waals surface area contributed by atoms with E-state index in [-0.39, 0.29) is 18.5 Å². The molecule has 0 bridgehead atoms. The number of halogens is 1. The number of hydrogen-bond acceptors (Lipinski definition) is 4. The molecule has 2 N–H and O–H groups in total. The van der Waals surface area contributed by atoms with Crippen molar-refractivity contribution in [2.45, 2.75) is 45.2 Å². The van der Waals surface area contributed by atoms with Gasteiger partial charge in [0.1, 0.15) is 12.4 Å². The van der Waals surface area contributed by atoms with Crippen LogP contribution in [0.3, 0.4) is 0 Å². The van der Waals surface area contributed by atoms with Crippen molar-refractivity contribution < 1.29 is 4.79 Å². The second-order valence-corrected chi connectivity index (χ2v) is 7.72. The number of aryl methyl sites for hydroxylation is 1. The summed E-state index contributed by atoms with van der Waals surface area (Å²) < 4.78 is 2.26. The van der Waals surface area contributed by atoms with Gasteiger partial charge in [-0.05, 0) is 62.3 Å². The number of nitrogens with zero attached hydrogens (tertiary/aromatic N) is 3. The Morgan fingerprint density at radius 3 is 2.89 bits per heavy atom. The Labute approximate surface area is 169 Å². The average molecular weight is 408 g/mol. The summed E-state index contributed by atoms with van der Waals surface area (Å²) in [5, 5.41) is 10.8. The standard InChI is InChI=1S/C19H26ClN5OS/c1-2-6-17-22-23-19(27)25(17)13-18(26)21-12-16(24-9-3-4-10-24)14-7-5-8-15(20)11-14/h5,7-8,11,16H,2-4,6,9-10,12-13H2,1H3,(H,21,26)(H,23,27). The molecule has 0 spiro atoms. The normalized spacial score (nSPS) is 15.8. The predicted octanol–water partition coefficient (Wildman–Crippen LogP) is 3.50. The molecule has 2 heterocycles. The Morgan fingerprint density at radius 1 is 1.41 bits per heavy atom. The van der Waals surface area contributed by atoms with E-state index in [0.717, 1.165) is 42.3 Å². The zero-order valence-electron chi connectivity index (χ0n) is 15.6. The van der Waals surface area contributed by atoms with Crippen LogP contribution in [0.1, 0.15) is 43.6 Å². The third-order valence-corrected chi connectivity index (χ3v) is 5.47. The van der Waals surface area contributed by atoms with Gasteiger partial charge >= 0.3 is 0 Å². The highest BCUT2D eigenvalue weighted by Crippen LogP contribution is 2.26. The summed E-state index contributed by atoms with van der Waals surface area (Å²) in [7, 11) is 0. The number of carbonyl (C=O) groups is 1. The molecule has 0 saturated carbocycles. The number of likely N-dealkylation sites (tertiary alicyclic amines) is 1. The molecular formula is C19H26ClN5OS. The second-order valence-electron chi connectivity index (χ2n) is 6.90. The third-order valence-electron chi connectivity index (χ3n) is 4.92. The number of H-pyrrole nitrogens is 1. The van der Waals surface area contributed by atoms with Crippen molar-refractivity contribution in [3.8, 4) is 0 Å². The molecule has 27 heavy (non-hydrogen) atoms. The Kier molecular flexibility index (Phi) is 7.04. The van der Waals surface area contributed by atoms with E-state index in [1.165, 1.54) is 12.8 Å². The minimum absolute atomic E-state index is 0.0592. The lowest BCUT2D eigenvalue weighted by atomic mass is 10.1. The van der Waals surface area contributed by atoms with E-state index >= 15 is 0 Å². The molecule has 0 radical (unpaired) electrons. The van der Waals surface area contributed by atoms with Gasteiger partial charge in [-0.15, -0.1) is 0 Å². The van der Waals surface area contributed by atoms with Crippen LogP contribution < -0.4 is 5.32 Å². The van der Waals surface area contributed by atoms with Crippen LogP contribution in [0.2, 0.25) is 5.02 Å². The van der Waals surface area contributed by atoms with E-state index in [2.05, 4.69) is 33.4 Å². The summed E-state index contributed by atoms with van der Waals surface area (Å²) in [6.45, 7) is 4.90. The van der Waals surface area contributed by atoms with Crippen LogP contribution in [0.4, 0.5) is 0 Å². The molecule has 1 aromatic heterocycles. The molecule has 1 unspecified atom stereocenters. The van der Waals surface area contributed by atoms with E-state index in [9.17, 15) is 4.79 Å². The number of carbonyl (C=O) groups excluding carboxylic acids is 1. The number of rotatable bonds is 8. The summed E-state index contributed by atoms with van der Waals surface area (Å²) in [6.07, 6.45) is 4.12. The topological polar surface area (TPSA) is 66.0 Å². The fraction of sp³-hybridized carbons (Fsp3) is 0.526. The highest BCUT2D eigenvalue weighted by molar-refractivity contribution is 7.71. The molecule has 8 heteroatoms. The molecule has 1 aromatic carbocycles. The summed E-state index contributed by atoms with van der Waals surface area (Å²) in [5.41, 5.74) is 1.14. The largest absolute Gasteiger partial charge is 0.353 e. The van der Waals surface area contributed by atoms with Crippen LogP contribution in [0.15, 0.2) is 24.3 Å². The van der Waals surface area contributed by atoms with Gasteiger partial charge in [0, 0.05) is 18.0 Å². The fourth-order valence-corrected chi connectivity index (χ4v) is 3.98. The molecular weight excluding hydrogens is 382 g/mol. The SMILES string of the molecule is CCCc1n[nH]c(=S)n1CC(=O)NCC(c1cccc(Cl)c1)N1CCCC1. The Morgan fingerprint density at radius 2 is 2.19 bits per heavy atom. The lowest BCUT2D eigenvalue weighted by Crippen LogP contribution is -2.38. The molecule has 1 saturated heterocycles. The van der Waals surface area contributed by atoms with Crippen molar-refractivity contribution in [3.63, 3.8) is 0 Å². The highest BCUT2D eigenvalue weighted by Gasteiger charge is 2.24. The first-order chi connectivity index (χ1) is 13.1. The number of benzene rings is 1.